The zero-order valence-corrected chi connectivity index (χ0v) is 14.4. The molecule has 0 spiro atoms. The molecule has 0 bridgehead atoms. The fourth-order valence-electron chi connectivity index (χ4n) is 1.73. The number of aliphatic hydroxyl groups excluding tert-OH is 2. The van der Waals surface area contributed by atoms with Gasteiger partial charge in [0.1, 0.15) is 24.2 Å². The highest BCUT2D eigenvalue weighted by atomic mass is 16.4. The zero-order chi connectivity index (χ0) is 19.7. The minimum absolute atomic E-state index is 0.367. The first-order chi connectivity index (χ1) is 11.5. The Hall–Kier alpha value is -2.24. The lowest BCUT2D eigenvalue weighted by molar-refractivity contribution is -0.143. The van der Waals surface area contributed by atoms with Crippen molar-refractivity contribution < 1.29 is 34.5 Å². The smallest absolute Gasteiger partial charge is 0.326 e. The van der Waals surface area contributed by atoms with Gasteiger partial charge >= 0.3 is 5.97 Å². The summed E-state index contributed by atoms with van der Waals surface area (Å²) in [5.41, 5.74) is 5.29. The Kier molecular flexibility index (Phi) is 9.64. The van der Waals surface area contributed by atoms with Gasteiger partial charge in [-0.3, -0.25) is 14.4 Å². The number of nitrogens with two attached hydrogens (primary N) is 1. The van der Waals surface area contributed by atoms with E-state index in [-0.39, 0.29) is 5.92 Å². The van der Waals surface area contributed by atoms with Crippen molar-refractivity contribution in [3.05, 3.63) is 0 Å². The first-order valence-electron chi connectivity index (χ1n) is 7.66. The van der Waals surface area contributed by atoms with Crippen molar-refractivity contribution in [1.82, 2.24) is 16.0 Å². The van der Waals surface area contributed by atoms with Crippen LogP contribution < -0.4 is 21.7 Å². The first kappa shape index (κ1) is 22.8. The van der Waals surface area contributed by atoms with Crippen LogP contribution in [-0.2, 0) is 19.2 Å². The van der Waals surface area contributed by atoms with E-state index < -0.39 is 61.1 Å². The molecule has 0 radical (unpaired) electrons. The number of hydrogen-bond acceptors (Lipinski definition) is 7. The van der Waals surface area contributed by atoms with Crippen molar-refractivity contribution >= 4 is 23.7 Å². The van der Waals surface area contributed by atoms with Gasteiger partial charge in [0.15, 0.2) is 0 Å². The van der Waals surface area contributed by atoms with Crippen LogP contribution in [0.15, 0.2) is 0 Å². The van der Waals surface area contributed by atoms with Gasteiger partial charge < -0.3 is 37.0 Å². The fourth-order valence-corrected chi connectivity index (χ4v) is 1.73. The molecule has 0 aliphatic carbocycles. The predicted molar refractivity (Wildman–Crippen MR) is 86.1 cm³/mol. The SMILES string of the molecule is CC(NC(=O)C(CO)NC(=O)C(N)CO)C(=O)NC(C(=O)O)C(C)C. The maximum atomic E-state index is 12.0. The summed E-state index contributed by atoms with van der Waals surface area (Å²) in [5.74, 6) is -4.02. The third-order valence-corrected chi connectivity index (χ3v) is 3.33. The van der Waals surface area contributed by atoms with E-state index in [2.05, 4.69) is 16.0 Å². The molecule has 0 saturated heterocycles. The Morgan fingerprint density at radius 2 is 1.44 bits per heavy atom. The molecule has 4 atom stereocenters. The topological polar surface area (TPSA) is 191 Å². The molecule has 0 fully saturated rings. The van der Waals surface area contributed by atoms with Crippen LogP contribution in [0.3, 0.4) is 0 Å². The monoisotopic (exact) mass is 362 g/mol. The summed E-state index contributed by atoms with van der Waals surface area (Å²) < 4.78 is 0. The second-order valence-electron chi connectivity index (χ2n) is 5.83. The third-order valence-electron chi connectivity index (χ3n) is 3.33. The number of nitrogens with one attached hydrogen (secondary N) is 3. The highest BCUT2D eigenvalue weighted by Crippen LogP contribution is 2.02. The van der Waals surface area contributed by atoms with Gasteiger partial charge in [-0.25, -0.2) is 4.79 Å². The minimum atomic E-state index is -1.37. The van der Waals surface area contributed by atoms with E-state index >= 15 is 0 Å². The quantitative estimate of drug-likeness (QED) is 0.208. The molecule has 0 aromatic heterocycles. The number of carbonyl (C=O) groups is 4. The Morgan fingerprint density at radius 1 is 0.880 bits per heavy atom. The number of carboxylic acid groups (broad SMARTS) is 1. The molecular weight excluding hydrogens is 336 g/mol. The minimum Gasteiger partial charge on any atom is -0.480 e. The number of rotatable bonds is 10. The second-order valence-corrected chi connectivity index (χ2v) is 5.83. The summed E-state index contributed by atoms with van der Waals surface area (Å²) in [6, 6.07) is -4.86. The number of carbonyl (C=O) groups excluding carboxylic acids is 3. The molecule has 11 nitrogen and oxygen atoms in total. The molecule has 0 aliphatic heterocycles. The van der Waals surface area contributed by atoms with Gasteiger partial charge in [0.2, 0.25) is 17.7 Å². The Balaban J connectivity index is 4.76. The van der Waals surface area contributed by atoms with Crippen LogP contribution in [0.5, 0.6) is 0 Å². The molecular formula is C14H26N4O7. The molecule has 144 valence electrons. The normalized spacial score (nSPS) is 15.6. The van der Waals surface area contributed by atoms with Crippen molar-refractivity contribution in [2.45, 2.75) is 44.9 Å². The number of aliphatic carboxylic acids is 1. The van der Waals surface area contributed by atoms with Crippen molar-refractivity contribution in [2.24, 2.45) is 11.7 Å². The molecule has 25 heavy (non-hydrogen) atoms. The van der Waals surface area contributed by atoms with Crippen LogP contribution in [0.25, 0.3) is 0 Å². The molecule has 0 aliphatic rings. The van der Waals surface area contributed by atoms with Crippen LogP contribution in [0.2, 0.25) is 0 Å². The van der Waals surface area contributed by atoms with E-state index in [0.29, 0.717) is 0 Å². The highest BCUT2D eigenvalue weighted by Gasteiger charge is 2.28. The third kappa shape index (κ3) is 7.45. The molecule has 0 heterocycles. The second kappa shape index (κ2) is 10.6. The molecule has 0 aromatic carbocycles. The average molecular weight is 362 g/mol. The van der Waals surface area contributed by atoms with Gasteiger partial charge in [-0.2, -0.15) is 0 Å². The predicted octanol–water partition coefficient (Wildman–Crippen LogP) is -3.49. The fraction of sp³-hybridized carbons (Fsp3) is 0.714. The highest BCUT2D eigenvalue weighted by molar-refractivity contribution is 5.94. The van der Waals surface area contributed by atoms with Gasteiger partial charge in [0.25, 0.3) is 0 Å². The van der Waals surface area contributed by atoms with Crippen molar-refractivity contribution in [2.75, 3.05) is 13.2 Å². The van der Waals surface area contributed by atoms with E-state index in [4.69, 9.17) is 15.9 Å². The van der Waals surface area contributed by atoms with Crippen LogP contribution >= 0.6 is 0 Å². The van der Waals surface area contributed by atoms with Gasteiger partial charge in [0, 0.05) is 0 Å². The van der Waals surface area contributed by atoms with Gasteiger partial charge in [-0.15, -0.1) is 0 Å². The maximum Gasteiger partial charge on any atom is 0.326 e. The summed E-state index contributed by atoms with van der Waals surface area (Å²) in [7, 11) is 0. The molecule has 4 unspecified atom stereocenters. The van der Waals surface area contributed by atoms with Gasteiger partial charge in [-0.05, 0) is 12.8 Å². The standard InChI is InChI=1S/C14H26N4O7/c1-6(2)10(14(24)25)18-11(21)7(3)16-13(23)9(5-20)17-12(22)8(15)4-19/h6-10,19-20H,4-5,15H2,1-3H3,(H,16,23)(H,17,22)(H,18,21)(H,24,25). The maximum absolute atomic E-state index is 12.0. The van der Waals surface area contributed by atoms with E-state index in [9.17, 15) is 24.3 Å². The van der Waals surface area contributed by atoms with Crippen molar-refractivity contribution in [3.63, 3.8) is 0 Å². The lowest BCUT2D eigenvalue weighted by Gasteiger charge is -2.23. The lowest BCUT2D eigenvalue weighted by Crippen LogP contribution is -2.58. The van der Waals surface area contributed by atoms with Gasteiger partial charge in [-0.1, -0.05) is 13.8 Å². The molecule has 8 N–H and O–H groups in total. The largest absolute Gasteiger partial charge is 0.480 e. The summed E-state index contributed by atoms with van der Waals surface area (Å²) >= 11 is 0. The molecule has 0 aromatic rings. The van der Waals surface area contributed by atoms with Crippen molar-refractivity contribution in [1.29, 1.82) is 0 Å². The van der Waals surface area contributed by atoms with Crippen LogP contribution in [0.1, 0.15) is 20.8 Å². The number of carboxylic acids is 1. The van der Waals surface area contributed by atoms with Crippen LogP contribution in [-0.4, -0.2) is 76.4 Å². The Morgan fingerprint density at radius 3 is 1.84 bits per heavy atom. The molecule has 0 rings (SSSR count). The summed E-state index contributed by atoms with van der Waals surface area (Å²) in [4.78, 5) is 46.6. The first-order valence-corrected chi connectivity index (χ1v) is 7.66. The van der Waals surface area contributed by atoms with Gasteiger partial charge in [0.05, 0.1) is 13.2 Å². The van der Waals surface area contributed by atoms with E-state index in [1.807, 2.05) is 0 Å². The molecule has 0 saturated carbocycles. The zero-order valence-electron chi connectivity index (χ0n) is 14.4. The Labute approximate surface area is 145 Å². The van der Waals surface area contributed by atoms with E-state index in [1.54, 1.807) is 13.8 Å². The number of amides is 3. The summed E-state index contributed by atoms with van der Waals surface area (Å²) in [5, 5.41) is 33.7. The summed E-state index contributed by atoms with van der Waals surface area (Å²) in [6.45, 7) is 3.15. The van der Waals surface area contributed by atoms with E-state index in [0.717, 1.165) is 0 Å². The van der Waals surface area contributed by atoms with Crippen LogP contribution in [0, 0.1) is 5.92 Å². The molecule has 11 heteroatoms. The summed E-state index contributed by atoms with van der Waals surface area (Å²) in [6.07, 6.45) is 0. The van der Waals surface area contributed by atoms with E-state index in [1.165, 1.54) is 6.92 Å². The Bertz CT molecular complexity index is 498. The molecule has 3 amide bonds. The number of aliphatic hydroxyl groups is 2. The van der Waals surface area contributed by atoms with Crippen LogP contribution in [0.4, 0.5) is 0 Å². The van der Waals surface area contributed by atoms with Crippen molar-refractivity contribution in [3.8, 4) is 0 Å². The number of hydrogen-bond donors (Lipinski definition) is 7. The lowest BCUT2D eigenvalue weighted by atomic mass is 10.0. The average Bonchev–Trinajstić information content (AvgIpc) is 2.54.